The Morgan fingerprint density at radius 2 is 1.88 bits per heavy atom. The fourth-order valence-electron chi connectivity index (χ4n) is 2.56. The van der Waals surface area contributed by atoms with Crippen molar-refractivity contribution in [3.8, 4) is 0 Å². The van der Waals surface area contributed by atoms with Crippen molar-refractivity contribution in [3.63, 3.8) is 0 Å². The van der Waals surface area contributed by atoms with E-state index in [1.807, 2.05) is 24.4 Å². The van der Waals surface area contributed by atoms with E-state index in [2.05, 4.69) is 47.2 Å². The zero-order chi connectivity index (χ0) is 17.9. The SMILES string of the molecule is CCN(CC)Cc1ccccc1CNC(=O)CSCc1cccnc1. The first-order valence-corrected chi connectivity index (χ1v) is 9.90. The Morgan fingerprint density at radius 3 is 2.56 bits per heavy atom. The standard InChI is InChI=1S/C20H27N3OS/c1-3-23(4-2)14-19-10-6-5-9-18(19)13-22-20(24)16-25-15-17-8-7-11-21-12-17/h5-12H,3-4,13-16H2,1-2H3,(H,22,24). The summed E-state index contributed by atoms with van der Waals surface area (Å²) in [5.74, 6) is 1.35. The van der Waals surface area contributed by atoms with Gasteiger partial charge in [-0.15, -0.1) is 11.8 Å². The van der Waals surface area contributed by atoms with Crippen LogP contribution in [0.2, 0.25) is 0 Å². The predicted octanol–water partition coefficient (Wildman–Crippen LogP) is 3.47. The summed E-state index contributed by atoms with van der Waals surface area (Å²) in [5, 5.41) is 3.04. The van der Waals surface area contributed by atoms with E-state index >= 15 is 0 Å². The van der Waals surface area contributed by atoms with Crippen LogP contribution in [0.5, 0.6) is 0 Å². The average molecular weight is 358 g/mol. The number of thioether (sulfide) groups is 1. The lowest BCUT2D eigenvalue weighted by molar-refractivity contribution is -0.118. The van der Waals surface area contributed by atoms with Crippen molar-refractivity contribution in [2.75, 3.05) is 18.8 Å². The molecule has 1 amide bonds. The van der Waals surface area contributed by atoms with Crippen LogP contribution in [-0.2, 0) is 23.6 Å². The number of nitrogens with one attached hydrogen (secondary N) is 1. The molecule has 0 saturated heterocycles. The third-order valence-corrected chi connectivity index (χ3v) is 5.11. The Hall–Kier alpha value is -1.85. The molecule has 2 rings (SSSR count). The van der Waals surface area contributed by atoms with E-state index in [1.165, 1.54) is 11.1 Å². The number of hydrogen-bond acceptors (Lipinski definition) is 4. The number of benzene rings is 1. The van der Waals surface area contributed by atoms with Gasteiger partial charge in [-0.25, -0.2) is 0 Å². The molecule has 1 N–H and O–H groups in total. The summed E-state index contributed by atoms with van der Waals surface area (Å²) in [6.07, 6.45) is 3.60. The molecule has 0 spiro atoms. The van der Waals surface area contributed by atoms with Crippen molar-refractivity contribution in [2.24, 2.45) is 0 Å². The Balaban J connectivity index is 1.79. The molecule has 25 heavy (non-hydrogen) atoms. The van der Waals surface area contributed by atoms with E-state index in [-0.39, 0.29) is 5.91 Å². The number of hydrogen-bond donors (Lipinski definition) is 1. The molecule has 0 atom stereocenters. The first-order valence-electron chi connectivity index (χ1n) is 8.75. The van der Waals surface area contributed by atoms with E-state index in [0.717, 1.165) is 31.0 Å². The number of carbonyl (C=O) groups is 1. The third kappa shape index (κ3) is 6.88. The molecule has 0 radical (unpaired) electrons. The van der Waals surface area contributed by atoms with Crippen LogP contribution in [0.1, 0.15) is 30.5 Å². The summed E-state index contributed by atoms with van der Waals surface area (Å²) in [4.78, 5) is 18.6. The average Bonchev–Trinajstić information content (AvgIpc) is 2.66. The van der Waals surface area contributed by atoms with Crippen LogP contribution in [0.4, 0.5) is 0 Å². The number of amides is 1. The summed E-state index contributed by atoms with van der Waals surface area (Å²) < 4.78 is 0. The van der Waals surface area contributed by atoms with Crippen molar-refractivity contribution >= 4 is 17.7 Å². The minimum Gasteiger partial charge on any atom is -0.351 e. The van der Waals surface area contributed by atoms with Gasteiger partial charge in [0, 0.05) is 31.2 Å². The summed E-state index contributed by atoms with van der Waals surface area (Å²) in [6.45, 7) is 7.92. The predicted molar refractivity (Wildman–Crippen MR) is 105 cm³/mol. The molecule has 2 aromatic rings. The molecule has 1 heterocycles. The highest BCUT2D eigenvalue weighted by atomic mass is 32.2. The fraction of sp³-hybridized carbons (Fsp3) is 0.400. The number of rotatable bonds is 10. The van der Waals surface area contributed by atoms with Gasteiger partial charge in [0.05, 0.1) is 5.75 Å². The van der Waals surface area contributed by atoms with Crippen LogP contribution in [0.3, 0.4) is 0 Å². The van der Waals surface area contributed by atoms with Gasteiger partial charge in [0.25, 0.3) is 0 Å². The molecule has 0 aliphatic carbocycles. The number of carbonyl (C=O) groups excluding carboxylic acids is 1. The highest BCUT2D eigenvalue weighted by Gasteiger charge is 2.08. The summed E-state index contributed by atoms with van der Waals surface area (Å²) >= 11 is 1.61. The molecule has 0 unspecified atom stereocenters. The van der Waals surface area contributed by atoms with E-state index in [1.54, 1.807) is 18.0 Å². The van der Waals surface area contributed by atoms with Gasteiger partial charge in [-0.2, -0.15) is 0 Å². The second-order valence-electron chi connectivity index (χ2n) is 5.86. The van der Waals surface area contributed by atoms with Crippen LogP contribution in [-0.4, -0.2) is 34.6 Å². The number of pyridine rings is 1. The highest BCUT2D eigenvalue weighted by Crippen LogP contribution is 2.13. The molecule has 0 fully saturated rings. The van der Waals surface area contributed by atoms with Crippen molar-refractivity contribution in [3.05, 3.63) is 65.5 Å². The van der Waals surface area contributed by atoms with Crippen LogP contribution < -0.4 is 5.32 Å². The second kappa shape index (κ2) is 10.9. The van der Waals surface area contributed by atoms with Gasteiger partial charge >= 0.3 is 0 Å². The molecule has 1 aromatic heterocycles. The zero-order valence-corrected chi connectivity index (χ0v) is 15.9. The molecular formula is C20H27N3OS. The lowest BCUT2D eigenvalue weighted by Gasteiger charge is -2.20. The molecule has 0 saturated carbocycles. The molecule has 0 bridgehead atoms. The Kier molecular flexibility index (Phi) is 8.49. The maximum absolute atomic E-state index is 12.1. The molecular weight excluding hydrogens is 330 g/mol. The van der Waals surface area contributed by atoms with Gasteiger partial charge < -0.3 is 5.32 Å². The molecule has 5 heteroatoms. The van der Waals surface area contributed by atoms with E-state index in [4.69, 9.17) is 0 Å². The molecule has 4 nitrogen and oxygen atoms in total. The zero-order valence-electron chi connectivity index (χ0n) is 15.1. The van der Waals surface area contributed by atoms with Gasteiger partial charge in [0.1, 0.15) is 0 Å². The van der Waals surface area contributed by atoms with Crippen LogP contribution >= 0.6 is 11.8 Å². The lowest BCUT2D eigenvalue weighted by atomic mass is 10.1. The topological polar surface area (TPSA) is 45.2 Å². The molecule has 134 valence electrons. The molecule has 1 aromatic carbocycles. The second-order valence-corrected chi connectivity index (χ2v) is 6.85. The smallest absolute Gasteiger partial charge is 0.230 e. The summed E-state index contributed by atoms with van der Waals surface area (Å²) in [5.41, 5.74) is 3.62. The Morgan fingerprint density at radius 1 is 1.12 bits per heavy atom. The highest BCUT2D eigenvalue weighted by molar-refractivity contribution is 7.99. The minimum atomic E-state index is 0.0755. The number of aromatic nitrogens is 1. The third-order valence-electron chi connectivity index (χ3n) is 4.11. The van der Waals surface area contributed by atoms with Gasteiger partial charge in [0.15, 0.2) is 0 Å². The van der Waals surface area contributed by atoms with Gasteiger partial charge in [-0.3, -0.25) is 14.7 Å². The molecule has 0 aliphatic heterocycles. The van der Waals surface area contributed by atoms with Gasteiger partial charge in [0.2, 0.25) is 5.91 Å². The summed E-state index contributed by atoms with van der Waals surface area (Å²) in [7, 11) is 0. The van der Waals surface area contributed by atoms with E-state index in [9.17, 15) is 4.79 Å². The lowest BCUT2D eigenvalue weighted by Crippen LogP contribution is -2.27. The largest absolute Gasteiger partial charge is 0.351 e. The maximum Gasteiger partial charge on any atom is 0.230 e. The first-order chi connectivity index (χ1) is 12.2. The van der Waals surface area contributed by atoms with Gasteiger partial charge in [-0.1, -0.05) is 44.2 Å². The Labute approximate surface area is 155 Å². The molecule has 0 aliphatic rings. The van der Waals surface area contributed by atoms with E-state index in [0.29, 0.717) is 12.3 Å². The van der Waals surface area contributed by atoms with Crippen LogP contribution in [0.15, 0.2) is 48.8 Å². The Bertz CT molecular complexity index is 644. The van der Waals surface area contributed by atoms with Crippen molar-refractivity contribution in [1.82, 2.24) is 15.2 Å². The van der Waals surface area contributed by atoms with Gasteiger partial charge in [-0.05, 0) is 35.8 Å². The fourth-order valence-corrected chi connectivity index (χ4v) is 3.36. The van der Waals surface area contributed by atoms with Crippen molar-refractivity contribution in [2.45, 2.75) is 32.7 Å². The van der Waals surface area contributed by atoms with Crippen LogP contribution in [0.25, 0.3) is 0 Å². The first kappa shape index (κ1) is 19.5. The normalized spacial score (nSPS) is 10.8. The minimum absolute atomic E-state index is 0.0755. The summed E-state index contributed by atoms with van der Waals surface area (Å²) in [6, 6.07) is 12.3. The maximum atomic E-state index is 12.1. The number of nitrogens with zero attached hydrogens (tertiary/aromatic N) is 2. The monoisotopic (exact) mass is 357 g/mol. The van der Waals surface area contributed by atoms with Crippen molar-refractivity contribution < 1.29 is 4.79 Å². The van der Waals surface area contributed by atoms with Crippen molar-refractivity contribution in [1.29, 1.82) is 0 Å². The quantitative estimate of drug-likeness (QED) is 0.707. The van der Waals surface area contributed by atoms with Crippen LogP contribution in [0, 0.1) is 0 Å². The van der Waals surface area contributed by atoms with E-state index < -0.39 is 0 Å².